The molecule has 0 heterocycles. The molecule has 0 amide bonds. The van der Waals surface area contributed by atoms with Gasteiger partial charge in [-0.25, -0.2) is 4.79 Å². The van der Waals surface area contributed by atoms with Crippen molar-refractivity contribution in [1.82, 2.24) is 0 Å². The van der Waals surface area contributed by atoms with Crippen LogP contribution in [-0.4, -0.2) is 22.2 Å². The molecular formula is C17H28O4. The van der Waals surface area contributed by atoms with Gasteiger partial charge in [0.25, 0.3) is 0 Å². The zero-order valence-corrected chi connectivity index (χ0v) is 12.9. The van der Waals surface area contributed by atoms with Crippen molar-refractivity contribution in [2.24, 2.45) is 11.8 Å². The highest BCUT2D eigenvalue weighted by molar-refractivity contribution is 5.91. The van der Waals surface area contributed by atoms with Gasteiger partial charge in [-0.2, -0.15) is 0 Å². The van der Waals surface area contributed by atoms with Crippen LogP contribution in [0.4, 0.5) is 0 Å². The Morgan fingerprint density at radius 3 is 1.43 bits per heavy atom. The third-order valence-electron chi connectivity index (χ3n) is 4.63. The maximum atomic E-state index is 9.87. The molecule has 0 unspecified atom stereocenters. The van der Waals surface area contributed by atoms with E-state index in [1.54, 1.807) is 25.7 Å². The van der Waals surface area contributed by atoms with E-state index < -0.39 is 18.4 Å². The first-order valence-electron chi connectivity index (χ1n) is 8.13. The first kappa shape index (κ1) is 17.7. The Bertz CT molecular complexity index is 334. The summed E-state index contributed by atoms with van der Waals surface area (Å²) >= 11 is 0. The molecular weight excluding hydrogens is 268 g/mol. The number of hydrogen-bond acceptors (Lipinski definition) is 2. The summed E-state index contributed by atoms with van der Waals surface area (Å²) in [5.74, 6) is -0.169. The second-order valence-corrected chi connectivity index (χ2v) is 6.28. The molecule has 0 aromatic heterocycles. The van der Waals surface area contributed by atoms with Gasteiger partial charge < -0.3 is 10.2 Å². The molecule has 0 aromatic rings. The third-order valence-corrected chi connectivity index (χ3v) is 4.63. The number of carboxylic acid groups (broad SMARTS) is 2. The fourth-order valence-electron chi connectivity index (χ4n) is 3.47. The molecule has 2 rings (SSSR count). The molecule has 2 saturated carbocycles. The molecule has 0 bridgehead atoms. The van der Waals surface area contributed by atoms with E-state index in [0.717, 1.165) is 11.8 Å². The van der Waals surface area contributed by atoms with Gasteiger partial charge >= 0.3 is 11.9 Å². The van der Waals surface area contributed by atoms with Crippen molar-refractivity contribution in [3.05, 3.63) is 12.2 Å². The third kappa shape index (κ3) is 7.30. The molecule has 2 aliphatic rings. The van der Waals surface area contributed by atoms with Gasteiger partial charge in [-0.15, -0.1) is 0 Å². The van der Waals surface area contributed by atoms with Crippen LogP contribution in [-0.2, 0) is 9.59 Å². The summed E-state index contributed by atoms with van der Waals surface area (Å²) in [5, 5.41) is 16.1. The largest absolute Gasteiger partial charge is 0.481 e. The molecule has 0 spiro atoms. The van der Waals surface area contributed by atoms with E-state index in [0.29, 0.717) is 0 Å². The van der Waals surface area contributed by atoms with Gasteiger partial charge in [0.2, 0.25) is 0 Å². The molecule has 21 heavy (non-hydrogen) atoms. The standard InChI is InChI=1S/C12H22.C5H6O4/c1-3-7-11(8-4-1)12-9-5-2-6-10-12;1-3(5(8)9)2-4(6)7/h11-12H,1-10H2;1-2H2,(H,6,7)(H,8,9). The van der Waals surface area contributed by atoms with Gasteiger partial charge in [0.1, 0.15) is 0 Å². The molecule has 2 fully saturated rings. The molecule has 0 saturated heterocycles. The van der Waals surface area contributed by atoms with Crippen LogP contribution >= 0.6 is 0 Å². The lowest BCUT2D eigenvalue weighted by atomic mass is 9.73. The summed E-state index contributed by atoms with van der Waals surface area (Å²) in [6, 6.07) is 0. The molecule has 0 atom stereocenters. The summed E-state index contributed by atoms with van der Waals surface area (Å²) in [5.41, 5.74) is -0.303. The lowest BCUT2D eigenvalue weighted by Crippen LogP contribution is -2.20. The molecule has 0 radical (unpaired) electrons. The van der Waals surface area contributed by atoms with Crippen molar-refractivity contribution in [3.8, 4) is 0 Å². The van der Waals surface area contributed by atoms with E-state index >= 15 is 0 Å². The summed E-state index contributed by atoms with van der Waals surface area (Å²) in [7, 11) is 0. The minimum Gasteiger partial charge on any atom is -0.481 e. The maximum absolute atomic E-state index is 9.87. The predicted molar refractivity (Wildman–Crippen MR) is 82.2 cm³/mol. The van der Waals surface area contributed by atoms with Crippen LogP contribution in [0.2, 0.25) is 0 Å². The van der Waals surface area contributed by atoms with Gasteiger partial charge in [0.15, 0.2) is 0 Å². The van der Waals surface area contributed by atoms with E-state index in [1.165, 1.54) is 38.5 Å². The lowest BCUT2D eigenvalue weighted by Gasteiger charge is -2.32. The van der Waals surface area contributed by atoms with Crippen LogP contribution in [0.3, 0.4) is 0 Å². The zero-order chi connectivity index (χ0) is 15.7. The van der Waals surface area contributed by atoms with E-state index in [4.69, 9.17) is 10.2 Å². The Hall–Kier alpha value is -1.32. The van der Waals surface area contributed by atoms with E-state index in [2.05, 4.69) is 6.58 Å². The van der Waals surface area contributed by atoms with Crippen LogP contribution < -0.4 is 0 Å². The Balaban J connectivity index is 0.000000222. The summed E-state index contributed by atoms with van der Waals surface area (Å²) in [6.07, 6.45) is 14.9. The van der Waals surface area contributed by atoms with Crippen molar-refractivity contribution in [2.75, 3.05) is 0 Å². The number of carbonyl (C=O) groups is 2. The Labute approximate surface area is 127 Å². The topological polar surface area (TPSA) is 74.6 Å². The van der Waals surface area contributed by atoms with Crippen LogP contribution in [0.25, 0.3) is 0 Å². The van der Waals surface area contributed by atoms with Crippen LogP contribution in [0, 0.1) is 11.8 Å². The zero-order valence-electron chi connectivity index (χ0n) is 12.9. The highest BCUT2D eigenvalue weighted by atomic mass is 16.4. The average Bonchev–Trinajstić information content (AvgIpc) is 2.49. The minimum absolute atomic E-state index is 0.303. The van der Waals surface area contributed by atoms with Crippen LogP contribution in [0.5, 0.6) is 0 Å². The first-order valence-corrected chi connectivity index (χ1v) is 8.13. The Kier molecular flexibility index (Phi) is 8.09. The van der Waals surface area contributed by atoms with Crippen molar-refractivity contribution in [2.45, 2.75) is 70.6 Å². The molecule has 2 N–H and O–H groups in total. The Morgan fingerprint density at radius 2 is 1.19 bits per heavy atom. The van der Waals surface area contributed by atoms with Crippen LogP contribution in [0.1, 0.15) is 70.6 Å². The molecule has 2 aliphatic carbocycles. The Morgan fingerprint density at radius 1 is 0.810 bits per heavy atom. The number of hydrogen-bond donors (Lipinski definition) is 2. The lowest BCUT2D eigenvalue weighted by molar-refractivity contribution is -0.139. The number of aliphatic carboxylic acids is 2. The van der Waals surface area contributed by atoms with E-state index in [-0.39, 0.29) is 5.57 Å². The first-order chi connectivity index (χ1) is 10.0. The SMILES string of the molecule is C1CCC(C2CCCCC2)CC1.C=C(CC(=O)O)C(=O)O. The van der Waals surface area contributed by atoms with Crippen molar-refractivity contribution >= 4 is 11.9 Å². The molecule has 0 aliphatic heterocycles. The molecule has 0 aromatic carbocycles. The predicted octanol–water partition coefficient (Wildman–Crippen LogP) is 4.25. The molecule has 4 nitrogen and oxygen atoms in total. The minimum atomic E-state index is -1.27. The fraction of sp³-hybridized carbons (Fsp3) is 0.765. The van der Waals surface area contributed by atoms with Gasteiger partial charge in [-0.1, -0.05) is 70.8 Å². The maximum Gasteiger partial charge on any atom is 0.331 e. The van der Waals surface area contributed by atoms with Gasteiger partial charge in [0, 0.05) is 5.57 Å². The highest BCUT2D eigenvalue weighted by Gasteiger charge is 2.24. The second-order valence-electron chi connectivity index (χ2n) is 6.28. The smallest absolute Gasteiger partial charge is 0.331 e. The van der Waals surface area contributed by atoms with E-state index in [9.17, 15) is 9.59 Å². The van der Waals surface area contributed by atoms with Gasteiger partial charge in [-0.3, -0.25) is 4.79 Å². The molecule has 120 valence electrons. The number of carboxylic acids is 2. The normalized spacial score (nSPS) is 20.2. The highest BCUT2D eigenvalue weighted by Crippen LogP contribution is 2.37. The van der Waals surface area contributed by atoms with Crippen molar-refractivity contribution in [1.29, 1.82) is 0 Å². The average molecular weight is 296 g/mol. The van der Waals surface area contributed by atoms with Crippen LogP contribution in [0.15, 0.2) is 12.2 Å². The summed E-state index contributed by atoms with van der Waals surface area (Å²) in [6.45, 7) is 3.01. The monoisotopic (exact) mass is 296 g/mol. The second kappa shape index (κ2) is 9.59. The van der Waals surface area contributed by atoms with Gasteiger partial charge in [-0.05, 0) is 11.8 Å². The molecule has 4 heteroatoms. The van der Waals surface area contributed by atoms with Gasteiger partial charge in [0.05, 0.1) is 6.42 Å². The fourth-order valence-corrected chi connectivity index (χ4v) is 3.47. The summed E-state index contributed by atoms with van der Waals surface area (Å²) in [4.78, 5) is 19.7. The van der Waals surface area contributed by atoms with E-state index in [1.807, 2.05) is 0 Å². The van der Waals surface area contributed by atoms with Crippen molar-refractivity contribution in [3.63, 3.8) is 0 Å². The quantitative estimate of drug-likeness (QED) is 0.760. The van der Waals surface area contributed by atoms with Crippen molar-refractivity contribution < 1.29 is 19.8 Å². The summed E-state index contributed by atoms with van der Waals surface area (Å²) < 4.78 is 0. The number of rotatable bonds is 4.